The molecule has 0 bridgehead atoms. The molecule has 0 unspecified atom stereocenters. The van der Waals surface area contributed by atoms with Gasteiger partial charge in [-0.05, 0) is 23.8 Å². The quantitative estimate of drug-likeness (QED) is 0.750. The smallest absolute Gasteiger partial charge is 0.335 e. The van der Waals surface area contributed by atoms with E-state index in [-0.39, 0.29) is 0 Å². The van der Waals surface area contributed by atoms with Crippen LogP contribution in [0.25, 0.3) is 11.0 Å². The van der Waals surface area contributed by atoms with E-state index in [0.717, 1.165) is 27.5 Å². The fourth-order valence-electron chi connectivity index (χ4n) is 2.03. The van der Waals surface area contributed by atoms with Crippen LogP contribution in [0.2, 0.25) is 0 Å². The Labute approximate surface area is 125 Å². The molecule has 1 N–H and O–H groups in total. The molecule has 0 aliphatic rings. The summed E-state index contributed by atoms with van der Waals surface area (Å²) in [7, 11) is 1.97. The lowest BCUT2D eigenvalue weighted by atomic mass is 10.1. The number of hydrogen-bond acceptors (Lipinski definition) is 4. The van der Waals surface area contributed by atoms with Crippen molar-refractivity contribution in [2.75, 3.05) is 0 Å². The van der Waals surface area contributed by atoms with Gasteiger partial charge in [0.2, 0.25) is 0 Å². The first-order valence-electron chi connectivity index (χ1n) is 6.36. The Morgan fingerprint density at radius 1 is 1.29 bits per heavy atom. The van der Waals surface area contributed by atoms with Crippen molar-refractivity contribution in [2.45, 2.75) is 10.9 Å². The van der Waals surface area contributed by atoms with Gasteiger partial charge in [-0.2, -0.15) is 0 Å². The average molecular weight is 299 g/mol. The van der Waals surface area contributed by atoms with Gasteiger partial charge >= 0.3 is 5.97 Å². The summed E-state index contributed by atoms with van der Waals surface area (Å²) in [5.41, 5.74) is 3.30. The van der Waals surface area contributed by atoms with Gasteiger partial charge in [0.15, 0.2) is 5.16 Å². The standard InChI is InChI=1S/C15H13N3O2S/c1-18-13-8-16-7-6-12(13)17-15(18)21-9-10-2-4-11(5-3-10)14(19)20/h2-8H,9H2,1H3,(H,19,20). The average Bonchev–Trinajstić information content (AvgIpc) is 2.82. The normalized spacial score (nSPS) is 10.9. The second kappa shape index (κ2) is 5.57. The molecule has 106 valence electrons. The molecule has 6 heteroatoms. The molecule has 21 heavy (non-hydrogen) atoms. The van der Waals surface area contributed by atoms with Crippen molar-refractivity contribution in [1.29, 1.82) is 0 Å². The molecule has 3 aromatic rings. The second-order valence-corrected chi connectivity index (χ2v) is 5.55. The van der Waals surface area contributed by atoms with Crippen LogP contribution in [0.4, 0.5) is 0 Å². The molecule has 2 heterocycles. The molecule has 0 saturated heterocycles. The molecule has 0 saturated carbocycles. The Morgan fingerprint density at radius 2 is 2.05 bits per heavy atom. The highest BCUT2D eigenvalue weighted by molar-refractivity contribution is 7.98. The van der Waals surface area contributed by atoms with E-state index in [9.17, 15) is 4.79 Å². The number of carbonyl (C=O) groups is 1. The molecule has 0 radical (unpaired) electrons. The van der Waals surface area contributed by atoms with E-state index >= 15 is 0 Å². The largest absolute Gasteiger partial charge is 0.478 e. The molecular weight excluding hydrogens is 286 g/mol. The van der Waals surface area contributed by atoms with Gasteiger partial charge in [-0.25, -0.2) is 9.78 Å². The number of pyridine rings is 1. The van der Waals surface area contributed by atoms with Gasteiger partial charge in [0.25, 0.3) is 0 Å². The predicted molar refractivity (Wildman–Crippen MR) is 81.5 cm³/mol. The van der Waals surface area contributed by atoms with E-state index in [4.69, 9.17) is 5.11 Å². The first-order valence-corrected chi connectivity index (χ1v) is 7.35. The molecule has 0 atom stereocenters. The van der Waals surface area contributed by atoms with E-state index in [1.54, 1.807) is 36.3 Å². The van der Waals surface area contributed by atoms with E-state index in [2.05, 4.69) is 9.97 Å². The molecule has 2 aromatic heterocycles. The summed E-state index contributed by atoms with van der Waals surface area (Å²) >= 11 is 1.62. The number of aromatic nitrogens is 3. The Hall–Kier alpha value is -2.34. The van der Waals surface area contributed by atoms with Gasteiger partial charge in [0.05, 0.1) is 22.8 Å². The van der Waals surface area contributed by atoms with E-state index in [1.165, 1.54) is 0 Å². The van der Waals surface area contributed by atoms with Crippen LogP contribution in [0.1, 0.15) is 15.9 Å². The molecule has 0 aliphatic carbocycles. The fraction of sp³-hybridized carbons (Fsp3) is 0.133. The third-order valence-electron chi connectivity index (χ3n) is 3.21. The monoisotopic (exact) mass is 299 g/mol. The maximum Gasteiger partial charge on any atom is 0.335 e. The molecular formula is C15H13N3O2S. The van der Waals surface area contributed by atoms with Crippen LogP contribution in [-0.2, 0) is 12.8 Å². The zero-order chi connectivity index (χ0) is 14.8. The Morgan fingerprint density at radius 3 is 2.71 bits per heavy atom. The van der Waals surface area contributed by atoms with E-state index in [0.29, 0.717) is 5.56 Å². The van der Waals surface area contributed by atoms with Crippen LogP contribution in [0.5, 0.6) is 0 Å². The van der Waals surface area contributed by atoms with Crippen molar-refractivity contribution in [1.82, 2.24) is 14.5 Å². The molecule has 3 rings (SSSR count). The summed E-state index contributed by atoms with van der Waals surface area (Å²) in [4.78, 5) is 19.5. The van der Waals surface area contributed by atoms with Crippen LogP contribution in [-0.4, -0.2) is 25.6 Å². The molecule has 0 amide bonds. The number of rotatable bonds is 4. The minimum absolute atomic E-state index is 0.303. The number of nitrogens with zero attached hydrogens (tertiary/aromatic N) is 3. The molecule has 0 spiro atoms. The first-order chi connectivity index (χ1) is 10.1. The summed E-state index contributed by atoms with van der Waals surface area (Å²) in [6.45, 7) is 0. The van der Waals surface area contributed by atoms with Gasteiger partial charge in [-0.3, -0.25) is 4.98 Å². The molecule has 0 aliphatic heterocycles. The number of carboxylic acid groups (broad SMARTS) is 1. The van der Waals surface area contributed by atoms with Crippen LogP contribution >= 0.6 is 11.8 Å². The number of carboxylic acids is 1. The SMILES string of the molecule is Cn1c(SCc2ccc(C(=O)O)cc2)nc2ccncc21. The summed E-state index contributed by atoms with van der Waals surface area (Å²) < 4.78 is 2.01. The second-order valence-electron chi connectivity index (χ2n) is 4.61. The lowest BCUT2D eigenvalue weighted by molar-refractivity contribution is 0.0697. The maximum atomic E-state index is 10.8. The van der Waals surface area contributed by atoms with Gasteiger partial charge in [0.1, 0.15) is 0 Å². The van der Waals surface area contributed by atoms with Crippen molar-refractivity contribution in [2.24, 2.45) is 7.05 Å². The number of hydrogen-bond donors (Lipinski definition) is 1. The van der Waals surface area contributed by atoms with Crippen LogP contribution in [0.3, 0.4) is 0 Å². The number of thioether (sulfide) groups is 1. The highest BCUT2D eigenvalue weighted by atomic mass is 32.2. The summed E-state index contributed by atoms with van der Waals surface area (Å²) in [5, 5.41) is 9.79. The Bertz CT molecular complexity index is 796. The first kappa shape index (κ1) is 13.6. The third kappa shape index (κ3) is 2.75. The number of fused-ring (bicyclic) bond motifs is 1. The zero-order valence-electron chi connectivity index (χ0n) is 11.4. The zero-order valence-corrected chi connectivity index (χ0v) is 12.2. The lowest BCUT2D eigenvalue weighted by Gasteiger charge is -2.03. The minimum atomic E-state index is -0.906. The number of imidazole rings is 1. The molecule has 0 fully saturated rings. The van der Waals surface area contributed by atoms with Crippen molar-refractivity contribution < 1.29 is 9.90 Å². The number of aryl methyl sites for hydroxylation is 1. The number of benzene rings is 1. The van der Waals surface area contributed by atoms with Crippen molar-refractivity contribution >= 4 is 28.8 Å². The third-order valence-corrected chi connectivity index (χ3v) is 4.31. The lowest BCUT2D eigenvalue weighted by Crippen LogP contribution is -1.96. The Kier molecular flexibility index (Phi) is 3.62. The summed E-state index contributed by atoms with van der Waals surface area (Å²) in [5.74, 6) is -0.165. The highest BCUT2D eigenvalue weighted by Gasteiger charge is 2.08. The minimum Gasteiger partial charge on any atom is -0.478 e. The fourth-order valence-corrected chi connectivity index (χ4v) is 2.98. The van der Waals surface area contributed by atoms with E-state index < -0.39 is 5.97 Å². The number of aromatic carboxylic acids is 1. The summed E-state index contributed by atoms with van der Waals surface area (Å²) in [6.07, 6.45) is 3.53. The molecule has 1 aromatic carbocycles. The van der Waals surface area contributed by atoms with Gasteiger partial charge in [-0.15, -0.1) is 0 Å². The van der Waals surface area contributed by atoms with E-state index in [1.807, 2.05) is 29.8 Å². The van der Waals surface area contributed by atoms with Gasteiger partial charge < -0.3 is 9.67 Å². The topological polar surface area (TPSA) is 68.0 Å². The van der Waals surface area contributed by atoms with Crippen molar-refractivity contribution in [3.8, 4) is 0 Å². The Balaban J connectivity index is 1.77. The molecule has 5 nitrogen and oxygen atoms in total. The predicted octanol–water partition coefficient (Wildman–Crippen LogP) is 2.96. The summed E-state index contributed by atoms with van der Waals surface area (Å²) in [6, 6.07) is 8.80. The van der Waals surface area contributed by atoms with Crippen molar-refractivity contribution in [3.63, 3.8) is 0 Å². The highest BCUT2D eigenvalue weighted by Crippen LogP contribution is 2.25. The van der Waals surface area contributed by atoms with Crippen molar-refractivity contribution in [3.05, 3.63) is 53.9 Å². The van der Waals surface area contributed by atoms with Crippen LogP contribution < -0.4 is 0 Å². The van der Waals surface area contributed by atoms with Crippen LogP contribution in [0.15, 0.2) is 47.9 Å². The van der Waals surface area contributed by atoms with Gasteiger partial charge in [0, 0.05) is 19.0 Å². The maximum absolute atomic E-state index is 10.8. The van der Waals surface area contributed by atoms with Gasteiger partial charge in [-0.1, -0.05) is 23.9 Å². The van der Waals surface area contributed by atoms with Crippen LogP contribution in [0, 0.1) is 0 Å².